The lowest BCUT2D eigenvalue weighted by Gasteiger charge is -2.01. The number of carbonyl (C=O) groups excluding carboxylic acids is 1. The molecule has 2 rings (SSSR count). The second kappa shape index (κ2) is 7.03. The van der Waals surface area contributed by atoms with E-state index < -0.39 is 0 Å². The third-order valence-corrected chi connectivity index (χ3v) is 3.24. The maximum absolute atomic E-state index is 12.0. The molecule has 1 aromatic carbocycles. The van der Waals surface area contributed by atoms with Gasteiger partial charge in [0.2, 0.25) is 12.3 Å². The number of nitrogens with zero attached hydrogens (tertiary/aromatic N) is 1. The Morgan fingerprint density at radius 1 is 1.22 bits per heavy atom. The van der Waals surface area contributed by atoms with Gasteiger partial charge >= 0.3 is 0 Å². The Hall–Kier alpha value is -0.700. The SMILES string of the molecule is O=C(C[n+]1ccccc1)c1ccc(O)c(I)c1.[I-]. The van der Waals surface area contributed by atoms with Crippen molar-refractivity contribution >= 4 is 28.4 Å². The molecule has 0 aliphatic carbocycles. The fourth-order valence-corrected chi connectivity index (χ4v) is 1.99. The normalized spacial score (nSPS) is 9.61. The summed E-state index contributed by atoms with van der Waals surface area (Å²) in [5.74, 6) is 0.230. The lowest BCUT2D eigenvalue weighted by atomic mass is 10.1. The number of aromatic hydroxyl groups is 1. The highest BCUT2D eigenvalue weighted by Crippen LogP contribution is 2.20. The summed E-state index contributed by atoms with van der Waals surface area (Å²) in [7, 11) is 0. The Morgan fingerprint density at radius 3 is 2.50 bits per heavy atom. The van der Waals surface area contributed by atoms with Crippen LogP contribution >= 0.6 is 22.6 Å². The predicted octanol–water partition coefficient (Wildman–Crippen LogP) is -0.829. The summed E-state index contributed by atoms with van der Waals surface area (Å²) < 4.78 is 2.51. The lowest BCUT2D eigenvalue weighted by Crippen LogP contribution is -3.00. The van der Waals surface area contributed by atoms with Gasteiger partial charge < -0.3 is 29.1 Å². The summed E-state index contributed by atoms with van der Waals surface area (Å²) in [5, 5.41) is 9.39. The number of hydrogen-bond acceptors (Lipinski definition) is 2. The molecule has 0 aliphatic heterocycles. The standard InChI is InChI=1S/C13H10INO2.HI/c14-11-8-10(4-5-12(11)16)13(17)9-15-6-2-1-3-7-15;/h1-8H,9H2;1H. The van der Waals surface area contributed by atoms with Crippen molar-refractivity contribution < 1.29 is 38.4 Å². The number of Topliss-reactive ketones (excluding diaryl/α,β-unsaturated/α-hetero) is 1. The van der Waals surface area contributed by atoms with Crippen molar-refractivity contribution in [3.8, 4) is 5.75 Å². The Bertz CT molecular complexity index is 544. The van der Waals surface area contributed by atoms with Crippen LogP contribution < -0.4 is 28.5 Å². The van der Waals surface area contributed by atoms with E-state index >= 15 is 0 Å². The summed E-state index contributed by atoms with van der Waals surface area (Å²) in [6, 6.07) is 10.6. The predicted molar refractivity (Wildman–Crippen MR) is 71.8 cm³/mol. The average Bonchev–Trinajstić information content (AvgIpc) is 2.34. The molecule has 0 amide bonds. The first-order chi connectivity index (χ1) is 8.16. The van der Waals surface area contributed by atoms with E-state index in [0.717, 1.165) is 0 Å². The molecule has 2 aromatic rings. The van der Waals surface area contributed by atoms with Crippen LogP contribution in [0.25, 0.3) is 0 Å². The molecule has 0 saturated heterocycles. The smallest absolute Gasteiger partial charge is 0.227 e. The maximum Gasteiger partial charge on any atom is 0.227 e. The highest BCUT2D eigenvalue weighted by atomic mass is 127. The molecule has 0 bridgehead atoms. The van der Waals surface area contributed by atoms with E-state index in [1.54, 1.807) is 18.2 Å². The highest BCUT2D eigenvalue weighted by molar-refractivity contribution is 14.1. The second-order valence-electron chi connectivity index (χ2n) is 3.64. The van der Waals surface area contributed by atoms with E-state index in [-0.39, 0.29) is 35.5 Å². The minimum atomic E-state index is 0. The van der Waals surface area contributed by atoms with Gasteiger partial charge in [0, 0.05) is 17.7 Å². The summed E-state index contributed by atoms with van der Waals surface area (Å²) in [6.07, 6.45) is 3.70. The van der Waals surface area contributed by atoms with Crippen molar-refractivity contribution in [2.75, 3.05) is 0 Å². The first-order valence-electron chi connectivity index (χ1n) is 5.12. The van der Waals surface area contributed by atoms with E-state index in [1.165, 1.54) is 0 Å². The van der Waals surface area contributed by atoms with E-state index in [0.29, 0.717) is 15.7 Å². The number of halogens is 2. The highest BCUT2D eigenvalue weighted by Gasteiger charge is 2.12. The molecule has 0 radical (unpaired) electrons. The van der Waals surface area contributed by atoms with Gasteiger partial charge in [-0.15, -0.1) is 0 Å². The zero-order valence-electron chi connectivity index (χ0n) is 9.38. The summed E-state index contributed by atoms with van der Waals surface area (Å²) in [4.78, 5) is 12.0. The third kappa shape index (κ3) is 3.91. The summed E-state index contributed by atoms with van der Waals surface area (Å²) in [5.41, 5.74) is 0.614. The molecule has 0 fully saturated rings. The van der Waals surface area contributed by atoms with Crippen molar-refractivity contribution in [1.29, 1.82) is 0 Å². The van der Waals surface area contributed by atoms with Crippen LogP contribution in [0.3, 0.4) is 0 Å². The number of phenols is 1. The van der Waals surface area contributed by atoms with Gasteiger partial charge in [-0.25, -0.2) is 0 Å². The minimum Gasteiger partial charge on any atom is -1.00 e. The molecule has 1 N–H and O–H groups in total. The van der Waals surface area contributed by atoms with Crippen molar-refractivity contribution in [3.63, 3.8) is 0 Å². The van der Waals surface area contributed by atoms with Gasteiger partial charge in [-0.2, -0.15) is 4.57 Å². The van der Waals surface area contributed by atoms with E-state index in [4.69, 9.17) is 0 Å². The molecule has 18 heavy (non-hydrogen) atoms. The Balaban J connectivity index is 0.00000162. The molecule has 0 atom stereocenters. The minimum absolute atomic E-state index is 0. The van der Waals surface area contributed by atoms with E-state index in [9.17, 15) is 9.90 Å². The van der Waals surface area contributed by atoms with Crippen LogP contribution in [-0.2, 0) is 6.54 Å². The first-order valence-corrected chi connectivity index (χ1v) is 6.20. The Kier molecular flexibility index (Phi) is 6.00. The molecule has 3 nitrogen and oxygen atoms in total. The molecule has 0 spiro atoms. The van der Waals surface area contributed by atoms with E-state index in [2.05, 4.69) is 0 Å². The van der Waals surface area contributed by atoms with Crippen LogP contribution in [0.5, 0.6) is 5.75 Å². The topological polar surface area (TPSA) is 41.2 Å². The van der Waals surface area contributed by atoms with Gasteiger partial charge in [-0.05, 0) is 40.8 Å². The molecule has 0 unspecified atom stereocenters. The van der Waals surface area contributed by atoms with Gasteiger partial charge in [-0.3, -0.25) is 4.79 Å². The number of hydrogen-bond donors (Lipinski definition) is 1. The average molecular weight is 467 g/mol. The summed E-state index contributed by atoms with van der Waals surface area (Å²) in [6.45, 7) is 0.307. The quantitative estimate of drug-likeness (QED) is 0.364. The monoisotopic (exact) mass is 467 g/mol. The second-order valence-corrected chi connectivity index (χ2v) is 4.80. The first kappa shape index (κ1) is 15.4. The molecular weight excluding hydrogens is 456 g/mol. The van der Waals surface area contributed by atoms with Crippen LogP contribution in [0.4, 0.5) is 0 Å². The maximum atomic E-state index is 12.0. The molecule has 0 saturated carbocycles. The number of aromatic nitrogens is 1. The lowest BCUT2D eigenvalue weighted by molar-refractivity contribution is -0.683. The largest absolute Gasteiger partial charge is 1.00 e. The van der Waals surface area contributed by atoms with Crippen LogP contribution in [0, 0.1) is 3.57 Å². The number of carbonyl (C=O) groups is 1. The molecule has 0 aliphatic rings. The van der Waals surface area contributed by atoms with Crippen LogP contribution in [0.2, 0.25) is 0 Å². The number of pyridine rings is 1. The van der Waals surface area contributed by atoms with Gasteiger partial charge in [0.15, 0.2) is 12.4 Å². The number of benzene rings is 1. The number of rotatable bonds is 3. The Labute approximate surface area is 136 Å². The van der Waals surface area contributed by atoms with Crippen LogP contribution in [0.15, 0.2) is 48.8 Å². The van der Waals surface area contributed by atoms with Crippen molar-refractivity contribution in [1.82, 2.24) is 0 Å². The van der Waals surface area contributed by atoms with Crippen molar-refractivity contribution in [2.24, 2.45) is 0 Å². The summed E-state index contributed by atoms with van der Waals surface area (Å²) >= 11 is 2.01. The van der Waals surface area contributed by atoms with Gasteiger partial charge in [-0.1, -0.05) is 6.07 Å². The van der Waals surface area contributed by atoms with Crippen molar-refractivity contribution in [2.45, 2.75) is 6.54 Å². The van der Waals surface area contributed by atoms with Gasteiger partial charge in [0.05, 0.1) is 3.57 Å². The van der Waals surface area contributed by atoms with E-state index in [1.807, 2.05) is 57.8 Å². The fraction of sp³-hybridized carbons (Fsp3) is 0.0769. The van der Waals surface area contributed by atoms with Gasteiger partial charge in [0.25, 0.3) is 0 Å². The third-order valence-electron chi connectivity index (χ3n) is 2.37. The van der Waals surface area contributed by atoms with Crippen LogP contribution in [-0.4, -0.2) is 10.9 Å². The zero-order valence-corrected chi connectivity index (χ0v) is 13.7. The molecule has 1 aromatic heterocycles. The Morgan fingerprint density at radius 2 is 1.89 bits per heavy atom. The van der Waals surface area contributed by atoms with Crippen LogP contribution in [0.1, 0.15) is 10.4 Å². The number of ketones is 1. The molecular formula is C13H11I2NO2. The molecule has 5 heteroatoms. The number of phenolic OH excluding ortho intramolecular Hbond substituents is 1. The molecule has 1 heterocycles. The van der Waals surface area contributed by atoms with Crippen molar-refractivity contribution in [3.05, 3.63) is 57.9 Å². The molecule has 94 valence electrons. The zero-order chi connectivity index (χ0) is 12.3. The fourth-order valence-electron chi connectivity index (χ4n) is 1.48. The van der Waals surface area contributed by atoms with Gasteiger partial charge in [0.1, 0.15) is 5.75 Å².